The Morgan fingerprint density at radius 3 is 2.14 bits per heavy atom. The smallest absolute Gasteiger partial charge is 0.370 e. The van der Waals surface area contributed by atoms with Crippen molar-refractivity contribution >= 4 is 5.96 Å². The minimum atomic E-state index is -4.16. The Morgan fingerprint density at radius 2 is 1.79 bits per heavy atom. The van der Waals surface area contributed by atoms with Crippen molar-refractivity contribution in [2.45, 2.75) is 26.4 Å². The van der Waals surface area contributed by atoms with Gasteiger partial charge in [-0.15, -0.1) is 0 Å². The molecular weight excluding hydrogens is 195 g/mol. The second-order valence-electron chi connectivity index (χ2n) is 2.78. The Hall–Kier alpha value is -0.940. The van der Waals surface area contributed by atoms with Crippen LogP contribution in [0.1, 0.15) is 20.3 Å². The molecule has 0 aliphatic carbocycles. The van der Waals surface area contributed by atoms with Crippen molar-refractivity contribution in [2.24, 2.45) is 10.7 Å². The highest BCUT2D eigenvalue weighted by Crippen LogP contribution is 2.18. The molecule has 0 aromatic rings. The van der Waals surface area contributed by atoms with Crippen LogP contribution in [0.3, 0.4) is 0 Å². The van der Waals surface area contributed by atoms with Crippen molar-refractivity contribution in [3.8, 4) is 0 Å². The van der Waals surface area contributed by atoms with Gasteiger partial charge in [-0.3, -0.25) is 4.99 Å². The quantitative estimate of drug-likeness (QED) is 0.566. The van der Waals surface area contributed by atoms with Crippen LogP contribution in [0.15, 0.2) is 4.99 Å². The number of nitrogens with two attached hydrogens (primary N) is 1. The van der Waals surface area contributed by atoms with Crippen LogP contribution in [0.25, 0.3) is 0 Å². The van der Waals surface area contributed by atoms with Gasteiger partial charge in [0.1, 0.15) is 0 Å². The zero-order valence-corrected chi connectivity index (χ0v) is 8.43. The lowest BCUT2D eigenvalue weighted by molar-refractivity contribution is -0.132. The number of hydrogen-bond donors (Lipinski definition) is 1. The first-order valence-corrected chi connectivity index (χ1v) is 4.52. The van der Waals surface area contributed by atoms with Crippen LogP contribution in [0.2, 0.25) is 0 Å². The largest absolute Gasteiger partial charge is 0.390 e. The maximum Gasteiger partial charge on any atom is 0.390 e. The lowest BCUT2D eigenvalue weighted by Crippen LogP contribution is -2.37. The summed E-state index contributed by atoms with van der Waals surface area (Å²) in [6.07, 6.45) is -5.08. The normalized spacial score (nSPS) is 13.1. The highest BCUT2D eigenvalue weighted by atomic mass is 19.4. The SMILES string of the molecule is CCN(CC)C(N)=NCCC(F)(F)F. The molecule has 0 saturated heterocycles. The Labute approximate surface area is 81.8 Å². The molecule has 0 aliphatic rings. The summed E-state index contributed by atoms with van der Waals surface area (Å²) >= 11 is 0. The predicted molar refractivity (Wildman–Crippen MR) is 50.1 cm³/mol. The van der Waals surface area contributed by atoms with Gasteiger partial charge in [-0.2, -0.15) is 13.2 Å². The van der Waals surface area contributed by atoms with E-state index in [4.69, 9.17) is 5.73 Å². The number of halogens is 3. The standard InChI is InChI=1S/C8H16F3N3/c1-3-14(4-2)7(12)13-6-5-8(9,10)11/h3-6H2,1-2H3,(H2,12,13). The third kappa shape index (κ3) is 5.66. The van der Waals surface area contributed by atoms with Crippen LogP contribution in [0.5, 0.6) is 0 Å². The Kier molecular flexibility index (Phi) is 5.34. The molecule has 6 heteroatoms. The van der Waals surface area contributed by atoms with E-state index in [1.807, 2.05) is 13.8 Å². The summed E-state index contributed by atoms with van der Waals surface area (Å²) in [6.45, 7) is 4.74. The fraction of sp³-hybridized carbons (Fsp3) is 0.875. The molecule has 0 atom stereocenters. The average Bonchev–Trinajstić information content (AvgIpc) is 2.04. The Morgan fingerprint density at radius 1 is 1.29 bits per heavy atom. The van der Waals surface area contributed by atoms with Gasteiger partial charge >= 0.3 is 6.18 Å². The lowest BCUT2D eigenvalue weighted by atomic mass is 10.4. The molecule has 0 spiro atoms. The fourth-order valence-corrected chi connectivity index (χ4v) is 0.945. The maximum absolute atomic E-state index is 11.7. The average molecular weight is 211 g/mol. The van der Waals surface area contributed by atoms with E-state index in [9.17, 15) is 13.2 Å². The molecule has 0 bridgehead atoms. The van der Waals surface area contributed by atoms with E-state index < -0.39 is 12.6 Å². The topological polar surface area (TPSA) is 41.6 Å². The molecule has 2 N–H and O–H groups in total. The van der Waals surface area contributed by atoms with Crippen LogP contribution >= 0.6 is 0 Å². The monoisotopic (exact) mass is 211 g/mol. The van der Waals surface area contributed by atoms with E-state index in [2.05, 4.69) is 4.99 Å². The lowest BCUT2D eigenvalue weighted by Gasteiger charge is -2.19. The van der Waals surface area contributed by atoms with E-state index in [0.29, 0.717) is 13.1 Å². The zero-order valence-electron chi connectivity index (χ0n) is 8.43. The number of hydrogen-bond acceptors (Lipinski definition) is 1. The van der Waals surface area contributed by atoms with Gasteiger partial charge in [-0.1, -0.05) is 0 Å². The Balaban J connectivity index is 3.99. The summed E-state index contributed by atoms with van der Waals surface area (Å²) in [5, 5.41) is 0. The van der Waals surface area contributed by atoms with Crippen molar-refractivity contribution in [1.82, 2.24) is 4.90 Å². The molecular formula is C8H16F3N3. The van der Waals surface area contributed by atoms with E-state index in [1.165, 1.54) is 0 Å². The van der Waals surface area contributed by atoms with Crippen LogP contribution < -0.4 is 5.73 Å². The van der Waals surface area contributed by atoms with Gasteiger partial charge in [0.05, 0.1) is 13.0 Å². The molecule has 0 radical (unpaired) electrons. The molecule has 0 aliphatic heterocycles. The van der Waals surface area contributed by atoms with Crippen molar-refractivity contribution < 1.29 is 13.2 Å². The minimum Gasteiger partial charge on any atom is -0.370 e. The predicted octanol–water partition coefficient (Wildman–Crippen LogP) is 1.60. The van der Waals surface area contributed by atoms with Gasteiger partial charge in [0.15, 0.2) is 5.96 Å². The van der Waals surface area contributed by atoms with Gasteiger partial charge in [-0.25, -0.2) is 0 Å². The summed E-state index contributed by atoms with van der Waals surface area (Å²) in [5.41, 5.74) is 5.48. The second-order valence-corrected chi connectivity index (χ2v) is 2.78. The molecule has 0 heterocycles. The van der Waals surface area contributed by atoms with E-state index in [-0.39, 0.29) is 12.5 Å². The maximum atomic E-state index is 11.7. The molecule has 3 nitrogen and oxygen atoms in total. The van der Waals surface area contributed by atoms with Crippen molar-refractivity contribution in [2.75, 3.05) is 19.6 Å². The van der Waals surface area contributed by atoms with E-state index in [1.54, 1.807) is 4.90 Å². The third-order valence-corrected chi connectivity index (χ3v) is 1.76. The molecule has 14 heavy (non-hydrogen) atoms. The van der Waals surface area contributed by atoms with Gasteiger partial charge in [-0.05, 0) is 13.8 Å². The first kappa shape index (κ1) is 13.1. The number of rotatable bonds is 4. The first-order chi connectivity index (χ1) is 6.40. The van der Waals surface area contributed by atoms with Crippen LogP contribution in [-0.2, 0) is 0 Å². The molecule has 0 unspecified atom stereocenters. The fourth-order valence-electron chi connectivity index (χ4n) is 0.945. The summed E-state index contributed by atoms with van der Waals surface area (Å²) in [4.78, 5) is 5.36. The molecule has 0 aromatic carbocycles. The molecule has 0 saturated carbocycles. The summed E-state index contributed by atoms with van der Waals surface area (Å²) in [7, 11) is 0. The van der Waals surface area contributed by atoms with E-state index >= 15 is 0 Å². The van der Waals surface area contributed by atoms with E-state index in [0.717, 1.165) is 0 Å². The molecule has 0 amide bonds. The molecule has 0 rings (SSSR count). The van der Waals surface area contributed by atoms with Gasteiger partial charge < -0.3 is 10.6 Å². The number of alkyl halides is 3. The molecule has 0 fully saturated rings. The summed E-state index contributed by atoms with van der Waals surface area (Å²) in [6, 6.07) is 0. The number of aliphatic imine (C=N–C) groups is 1. The van der Waals surface area contributed by atoms with Gasteiger partial charge in [0.2, 0.25) is 0 Å². The number of guanidine groups is 1. The zero-order chi connectivity index (χ0) is 11.2. The van der Waals surface area contributed by atoms with Crippen molar-refractivity contribution in [3.63, 3.8) is 0 Å². The summed E-state index contributed by atoms with van der Waals surface area (Å²) < 4.78 is 35.2. The highest BCUT2D eigenvalue weighted by Gasteiger charge is 2.26. The first-order valence-electron chi connectivity index (χ1n) is 4.52. The summed E-state index contributed by atoms with van der Waals surface area (Å²) in [5.74, 6) is 0.180. The number of nitrogens with zero attached hydrogens (tertiary/aromatic N) is 2. The van der Waals surface area contributed by atoms with Crippen LogP contribution in [0, 0.1) is 0 Å². The highest BCUT2D eigenvalue weighted by molar-refractivity contribution is 5.77. The van der Waals surface area contributed by atoms with Crippen molar-refractivity contribution in [3.05, 3.63) is 0 Å². The van der Waals surface area contributed by atoms with Crippen molar-refractivity contribution in [1.29, 1.82) is 0 Å². The third-order valence-electron chi connectivity index (χ3n) is 1.76. The van der Waals surface area contributed by atoms with Gasteiger partial charge in [0, 0.05) is 13.1 Å². The molecule has 84 valence electrons. The Bertz CT molecular complexity index is 185. The molecule has 0 aromatic heterocycles. The second kappa shape index (κ2) is 5.72. The van der Waals surface area contributed by atoms with Crippen LogP contribution in [-0.4, -0.2) is 36.7 Å². The minimum absolute atomic E-state index is 0.180. The van der Waals surface area contributed by atoms with Crippen LogP contribution in [0.4, 0.5) is 13.2 Å². The van der Waals surface area contributed by atoms with Gasteiger partial charge in [0.25, 0.3) is 0 Å².